The molecule has 1 saturated heterocycles. The molecule has 3 rings (SSSR count). The standard InChI is InChI=1S/C25H34N4O2.ClH/c1-4-23(30)27-24-18(2)16-20(17-22(24)26)25(31)29-14-11-21(12-15-29)28(3)13-10-19-8-6-5-7-9-19;/h5-9,16-17,21H,4,10-15,26H2,1-3H3,(H,27,30);1H. The largest absolute Gasteiger partial charge is 0.397 e. The van der Waals surface area contributed by atoms with E-state index in [-0.39, 0.29) is 24.2 Å². The predicted octanol–water partition coefficient (Wildman–Crippen LogP) is 4.13. The predicted molar refractivity (Wildman–Crippen MR) is 133 cm³/mol. The number of hydrogen-bond acceptors (Lipinski definition) is 4. The lowest BCUT2D eigenvalue weighted by Gasteiger charge is -2.37. The Labute approximate surface area is 197 Å². The highest BCUT2D eigenvalue weighted by molar-refractivity contribution is 5.99. The summed E-state index contributed by atoms with van der Waals surface area (Å²) in [5.74, 6) is -0.0825. The second-order valence-corrected chi connectivity index (χ2v) is 8.40. The molecule has 3 N–H and O–H groups in total. The van der Waals surface area contributed by atoms with Crippen molar-refractivity contribution in [3.05, 3.63) is 59.2 Å². The van der Waals surface area contributed by atoms with Gasteiger partial charge in [-0.15, -0.1) is 12.4 Å². The van der Waals surface area contributed by atoms with Gasteiger partial charge in [-0.3, -0.25) is 9.59 Å². The molecule has 0 aromatic heterocycles. The van der Waals surface area contributed by atoms with Crippen molar-refractivity contribution >= 4 is 35.6 Å². The number of benzene rings is 2. The van der Waals surface area contributed by atoms with Crippen molar-refractivity contribution in [2.45, 2.75) is 45.6 Å². The van der Waals surface area contributed by atoms with Gasteiger partial charge in [-0.1, -0.05) is 37.3 Å². The van der Waals surface area contributed by atoms with Crippen LogP contribution in [0.25, 0.3) is 0 Å². The third-order valence-electron chi connectivity index (χ3n) is 6.17. The summed E-state index contributed by atoms with van der Waals surface area (Å²) in [5.41, 5.74) is 9.92. The zero-order valence-corrected chi connectivity index (χ0v) is 20.1. The van der Waals surface area contributed by atoms with Crippen LogP contribution in [-0.4, -0.2) is 54.3 Å². The number of carbonyl (C=O) groups is 2. The van der Waals surface area contributed by atoms with Crippen LogP contribution in [0.5, 0.6) is 0 Å². The van der Waals surface area contributed by atoms with Crippen LogP contribution < -0.4 is 11.1 Å². The monoisotopic (exact) mass is 458 g/mol. The molecule has 0 unspecified atom stereocenters. The fraction of sp³-hybridized carbons (Fsp3) is 0.440. The van der Waals surface area contributed by atoms with Gasteiger partial charge in [-0.05, 0) is 56.5 Å². The number of nitrogens with one attached hydrogen (secondary N) is 1. The number of carbonyl (C=O) groups excluding carboxylic acids is 2. The lowest BCUT2D eigenvalue weighted by atomic mass is 10.0. The van der Waals surface area contributed by atoms with E-state index < -0.39 is 0 Å². The average Bonchev–Trinajstić information content (AvgIpc) is 2.79. The first-order valence-electron chi connectivity index (χ1n) is 11.1. The Balaban J connectivity index is 0.00000363. The zero-order chi connectivity index (χ0) is 22.4. The summed E-state index contributed by atoms with van der Waals surface area (Å²) < 4.78 is 0. The normalized spacial score (nSPS) is 14.2. The summed E-state index contributed by atoms with van der Waals surface area (Å²) in [4.78, 5) is 29.1. The molecule has 1 heterocycles. The third-order valence-corrected chi connectivity index (χ3v) is 6.17. The zero-order valence-electron chi connectivity index (χ0n) is 19.3. The van der Waals surface area contributed by atoms with Crippen molar-refractivity contribution in [3.63, 3.8) is 0 Å². The summed E-state index contributed by atoms with van der Waals surface area (Å²) in [5, 5.41) is 2.82. The van der Waals surface area contributed by atoms with Crippen LogP contribution in [0, 0.1) is 6.92 Å². The van der Waals surface area contributed by atoms with Crippen molar-refractivity contribution in [2.24, 2.45) is 0 Å². The molecule has 0 radical (unpaired) electrons. The Kier molecular flexibility index (Phi) is 9.54. The highest BCUT2D eigenvalue weighted by Gasteiger charge is 2.26. The molecule has 2 aromatic carbocycles. The number of nitrogen functional groups attached to an aromatic ring is 1. The van der Waals surface area contributed by atoms with Crippen LogP contribution in [0.4, 0.5) is 11.4 Å². The van der Waals surface area contributed by atoms with Crippen molar-refractivity contribution in [3.8, 4) is 0 Å². The second kappa shape index (κ2) is 11.9. The number of piperidine rings is 1. The number of amides is 2. The molecule has 32 heavy (non-hydrogen) atoms. The molecule has 1 aliphatic heterocycles. The molecule has 174 valence electrons. The second-order valence-electron chi connectivity index (χ2n) is 8.40. The van der Waals surface area contributed by atoms with Crippen molar-refractivity contribution in [1.29, 1.82) is 0 Å². The fourth-order valence-corrected chi connectivity index (χ4v) is 4.16. The first-order valence-corrected chi connectivity index (χ1v) is 11.1. The Hall–Kier alpha value is -2.57. The number of anilines is 2. The molecular weight excluding hydrogens is 424 g/mol. The Morgan fingerprint density at radius 3 is 2.41 bits per heavy atom. The molecule has 2 amide bonds. The molecule has 0 aliphatic carbocycles. The number of likely N-dealkylation sites (tertiary alicyclic amines) is 1. The summed E-state index contributed by atoms with van der Waals surface area (Å²) in [6.07, 6.45) is 3.36. The van der Waals surface area contributed by atoms with E-state index in [1.807, 2.05) is 24.0 Å². The highest BCUT2D eigenvalue weighted by atomic mass is 35.5. The van der Waals surface area contributed by atoms with Gasteiger partial charge >= 0.3 is 0 Å². The molecule has 1 fully saturated rings. The molecule has 7 heteroatoms. The van der Waals surface area contributed by atoms with E-state index in [1.54, 1.807) is 13.0 Å². The Bertz CT molecular complexity index is 888. The molecule has 6 nitrogen and oxygen atoms in total. The number of rotatable bonds is 7. The lowest BCUT2D eigenvalue weighted by molar-refractivity contribution is -0.115. The fourth-order valence-electron chi connectivity index (χ4n) is 4.16. The number of halogens is 1. The van der Waals surface area contributed by atoms with Crippen LogP contribution in [-0.2, 0) is 11.2 Å². The molecule has 1 aliphatic rings. The van der Waals surface area contributed by atoms with Gasteiger partial charge in [0.25, 0.3) is 5.91 Å². The van der Waals surface area contributed by atoms with Gasteiger partial charge in [0.2, 0.25) is 5.91 Å². The van der Waals surface area contributed by atoms with Crippen molar-refractivity contribution in [1.82, 2.24) is 9.80 Å². The maximum atomic E-state index is 13.1. The minimum Gasteiger partial charge on any atom is -0.397 e. The SMILES string of the molecule is CCC(=O)Nc1c(C)cc(C(=O)N2CCC(N(C)CCc3ccccc3)CC2)cc1N.Cl. The smallest absolute Gasteiger partial charge is 0.253 e. The number of hydrogen-bond donors (Lipinski definition) is 2. The first-order chi connectivity index (χ1) is 14.9. The topological polar surface area (TPSA) is 78.7 Å². The molecule has 0 atom stereocenters. The van der Waals surface area contributed by atoms with Gasteiger partial charge in [0.1, 0.15) is 0 Å². The van der Waals surface area contributed by atoms with Crippen LogP contribution in [0.1, 0.15) is 47.7 Å². The maximum Gasteiger partial charge on any atom is 0.253 e. The minimum absolute atomic E-state index is 0. The summed E-state index contributed by atoms with van der Waals surface area (Å²) in [7, 11) is 2.18. The van der Waals surface area contributed by atoms with Crippen LogP contribution >= 0.6 is 12.4 Å². The van der Waals surface area contributed by atoms with E-state index in [4.69, 9.17) is 5.73 Å². The minimum atomic E-state index is -0.0904. The van der Waals surface area contributed by atoms with E-state index >= 15 is 0 Å². The van der Waals surface area contributed by atoms with E-state index in [9.17, 15) is 9.59 Å². The van der Waals surface area contributed by atoms with Crippen molar-refractivity contribution in [2.75, 3.05) is 37.7 Å². The van der Waals surface area contributed by atoms with Crippen LogP contribution in [0.2, 0.25) is 0 Å². The number of nitrogens with zero attached hydrogens (tertiary/aromatic N) is 2. The summed E-state index contributed by atoms with van der Waals surface area (Å²) in [6, 6.07) is 14.5. The quantitative estimate of drug-likeness (QED) is 0.611. The van der Waals surface area contributed by atoms with Crippen molar-refractivity contribution < 1.29 is 9.59 Å². The van der Waals surface area contributed by atoms with Crippen LogP contribution in [0.3, 0.4) is 0 Å². The van der Waals surface area contributed by atoms with E-state index in [0.717, 1.165) is 44.5 Å². The van der Waals surface area contributed by atoms with Gasteiger partial charge in [0.15, 0.2) is 0 Å². The van der Waals surface area contributed by atoms with Gasteiger partial charge in [0, 0.05) is 37.7 Å². The number of nitrogens with two attached hydrogens (primary N) is 1. The average molecular weight is 459 g/mol. The molecule has 0 bridgehead atoms. The first kappa shape index (κ1) is 25.7. The molecule has 0 saturated carbocycles. The van der Waals surface area contributed by atoms with Crippen LogP contribution in [0.15, 0.2) is 42.5 Å². The van der Waals surface area contributed by atoms with Gasteiger partial charge in [-0.2, -0.15) is 0 Å². The third kappa shape index (κ3) is 6.47. The van der Waals surface area contributed by atoms with E-state index in [0.29, 0.717) is 29.4 Å². The summed E-state index contributed by atoms with van der Waals surface area (Å²) in [6.45, 7) is 6.16. The molecular formula is C25H35ClN4O2. The molecule has 2 aromatic rings. The summed E-state index contributed by atoms with van der Waals surface area (Å²) >= 11 is 0. The Morgan fingerprint density at radius 2 is 1.81 bits per heavy atom. The van der Waals surface area contributed by atoms with Gasteiger partial charge in [-0.25, -0.2) is 0 Å². The maximum absolute atomic E-state index is 13.1. The molecule has 0 spiro atoms. The number of likely N-dealkylation sites (N-methyl/N-ethyl adjacent to an activating group) is 1. The van der Waals surface area contributed by atoms with E-state index in [2.05, 4.69) is 41.5 Å². The Morgan fingerprint density at radius 1 is 1.16 bits per heavy atom. The number of aryl methyl sites for hydroxylation is 1. The van der Waals surface area contributed by atoms with E-state index in [1.165, 1.54) is 5.56 Å². The van der Waals surface area contributed by atoms with Gasteiger partial charge in [0.05, 0.1) is 11.4 Å². The van der Waals surface area contributed by atoms with Gasteiger partial charge < -0.3 is 20.9 Å². The highest BCUT2D eigenvalue weighted by Crippen LogP contribution is 2.27. The lowest BCUT2D eigenvalue weighted by Crippen LogP contribution is -2.46.